The number of hydrogen-bond donors (Lipinski definition) is 1. The number of fused-ring (bicyclic) bond motifs is 1. The normalized spacial score (nSPS) is 13.4. The number of ketones is 1. The van der Waals surface area contributed by atoms with Gasteiger partial charge in [-0.05, 0) is 43.5 Å². The number of nitrogens with one attached hydrogen (secondary N) is 1. The number of benzene rings is 1. The first-order chi connectivity index (χ1) is 14.2. The lowest BCUT2D eigenvalue weighted by Gasteiger charge is -2.08. The van der Waals surface area contributed by atoms with Gasteiger partial charge >= 0.3 is 0 Å². The van der Waals surface area contributed by atoms with Crippen molar-refractivity contribution in [1.29, 1.82) is 0 Å². The van der Waals surface area contributed by atoms with Crippen molar-refractivity contribution in [3.05, 3.63) is 41.5 Å². The lowest BCUT2D eigenvalue weighted by molar-refractivity contribution is -0.121. The Hall–Kier alpha value is -2.70. The van der Waals surface area contributed by atoms with E-state index in [2.05, 4.69) is 20.1 Å². The van der Waals surface area contributed by atoms with E-state index in [-0.39, 0.29) is 24.5 Å². The van der Waals surface area contributed by atoms with E-state index < -0.39 is 0 Å². The molecule has 0 spiro atoms. The van der Waals surface area contributed by atoms with Crippen LogP contribution in [-0.4, -0.2) is 39.6 Å². The number of rotatable bonds is 10. The third-order valence-electron chi connectivity index (χ3n) is 5.09. The van der Waals surface area contributed by atoms with Crippen molar-refractivity contribution >= 4 is 11.7 Å². The molecular weight excluding hydrogens is 368 g/mol. The highest BCUT2D eigenvalue weighted by Crippen LogP contribution is 2.15. The van der Waals surface area contributed by atoms with E-state index in [1.807, 2.05) is 6.92 Å². The second-order valence-electron chi connectivity index (χ2n) is 7.39. The molecule has 0 radical (unpaired) electrons. The maximum absolute atomic E-state index is 12.3. The van der Waals surface area contributed by atoms with E-state index >= 15 is 0 Å². The second kappa shape index (κ2) is 10.7. The number of carbonyl (C=O) groups is 2. The Morgan fingerprint density at radius 1 is 1.10 bits per heavy atom. The van der Waals surface area contributed by atoms with E-state index in [0.29, 0.717) is 25.1 Å². The van der Waals surface area contributed by atoms with Crippen LogP contribution in [0.25, 0.3) is 0 Å². The number of ether oxygens (including phenoxy) is 1. The third kappa shape index (κ3) is 6.14. The molecule has 0 unspecified atom stereocenters. The van der Waals surface area contributed by atoms with E-state index in [1.165, 1.54) is 6.42 Å². The summed E-state index contributed by atoms with van der Waals surface area (Å²) in [6, 6.07) is 7.10. The number of aromatic nitrogens is 3. The maximum Gasteiger partial charge on any atom is 0.220 e. The molecule has 1 aromatic heterocycles. The topological polar surface area (TPSA) is 86.1 Å². The van der Waals surface area contributed by atoms with Crippen LogP contribution in [0.4, 0.5) is 0 Å². The Morgan fingerprint density at radius 3 is 2.72 bits per heavy atom. The van der Waals surface area contributed by atoms with Crippen LogP contribution in [-0.2, 0) is 24.2 Å². The highest BCUT2D eigenvalue weighted by molar-refractivity contribution is 5.98. The van der Waals surface area contributed by atoms with Gasteiger partial charge in [0.15, 0.2) is 5.78 Å². The van der Waals surface area contributed by atoms with Gasteiger partial charge in [0.1, 0.15) is 17.4 Å². The molecule has 0 atom stereocenters. The molecular formula is C22H30N4O3. The molecule has 1 aliphatic heterocycles. The summed E-state index contributed by atoms with van der Waals surface area (Å²) in [5.41, 5.74) is 0.604. The van der Waals surface area contributed by atoms with Crippen LogP contribution in [0, 0.1) is 0 Å². The zero-order chi connectivity index (χ0) is 20.5. The fraction of sp³-hybridized carbons (Fsp3) is 0.545. The van der Waals surface area contributed by atoms with Crippen molar-refractivity contribution in [3.63, 3.8) is 0 Å². The first kappa shape index (κ1) is 21.0. The van der Waals surface area contributed by atoms with Gasteiger partial charge < -0.3 is 14.6 Å². The SMILES string of the molecule is CCCOc1ccc(C(=O)CCC(=O)NCCc2nnc3n2CCCCC3)cc1. The van der Waals surface area contributed by atoms with Gasteiger partial charge in [-0.15, -0.1) is 10.2 Å². The van der Waals surface area contributed by atoms with E-state index in [4.69, 9.17) is 4.74 Å². The van der Waals surface area contributed by atoms with Gasteiger partial charge in [-0.3, -0.25) is 9.59 Å². The summed E-state index contributed by atoms with van der Waals surface area (Å²) in [5, 5.41) is 11.4. The number of aryl methyl sites for hydroxylation is 1. The molecule has 2 aromatic rings. The Balaban J connectivity index is 1.39. The first-order valence-electron chi connectivity index (χ1n) is 10.6. The van der Waals surface area contributed by atoms with E-state index in [0.717, 1.165) is 49.6 Å². The molecule has 2 heterocycles. The largest absolute Gasteiger partial charge is 0.494 e. The predicted octanol–water partition coefficient (Wildman–Crippen LogP) is 3.12. The molecule has 1 N–H and O–H groups in total. The third-order valence-corrected chi connectivity index (χ3v) is 5.09. The smallest absolute Gasteiger partial charge is 0.220 e. The lowest BCUT2D eigenvalue weighted by Crippen LogP contribution is -2.27. The quantitative estimate of drug-likeness (QED) is 0.622. The summed E-state index contributed by atoms with van der Waals surface area (Å²) in [7, 11) is 0. The van der Waals surface area contributed by atoms with Crippen molar-refractivity contribution < 1.29 is 14.3 Å². The minimum atomic E-state index is -0.114. The summed E-state index contributed by atoms with van der Waals surface area (Å²) >= 11 is 0. The molecule has 156 valence electrons. The van der Waals surface area contributed by atoms with Gasteiger partial charge in [-0.25, -0.2) is 0 Å². The van der Waals surface area contributed by atoms with E-state index in [9.17, 15) is 9.59 Å². The van der Waals surface area contributed by atoms with Gasteiger partial charge in [0, 0.05) is 44.3 Å². The summed E-state index contributed by atoms with van der Waals surface area (Å²) in [4.78, 5) is 24.4. The van der Waals surface area contributed by atoms with Crippen LogP contribution < -0.4 is 10.1 Å². The highest BCUT2D eigenvalue weighted by Gasteiger charge is 2.15. The number of hydrogen-bond acceptors (Lipinski definition) is 5. The molecule has 7 heteroatoms. The second-order valence-corrected chi connectivity index (χ2v) is 7.39. The van der Waals surface area contributed by atoms with Gasteiger partial charge in [0.2, 0.25) is 5.91 Å². The minimum absolute atomic E-state index is 0.0371. The molecule has 0 saturated heterocycles. The van der Waals surface area contributed by atoms with Gasteiger partial charge in [0.05, 0.1) is 6.61 Å². The monoisotopic (exact) mass is 398 g/mol. The molecule has 0 bridgehead atoms. The van der Waals surface area contributed by atoms with Crippen LogP contribution in [0.2, 0.25) is 0 Å². The number of nitrogens with zero attached hydrogens (tertiary/aromatic N) is 3. The Morgan fingerprint density at radius 2 is 1.93 bits per heavy atom. The minimum Gasteiger partial charge on any atom is -0.494 e. The van der Waals surface area contributed by atoms with Crippen LogP contribution in [0.3, 0.4) is 0 Å². The van der Waals surface area contributed by atoms with Gasteiger partial charge in [-0.2, -0.15) is 0 Å². The van der Waals surface area contributed by atoms with Gasteiger partial charge in [0.25, 0.3) is 0 Å². The van der Waals surface area contributed by atoms with Crippen LogP contribution in [0.15, 0.2) is 24.3 Å². The number of Topliss-reactive ketones (excluding diaryl/α,β-unsaturated/α-hetero) is 1. The molecule has 0 fully saturated rings. The first-order valence-corrected chi connectivity index (χ1v) is 10.6. The zero-order valence-electron chi connectivity index (χ0n) is 17.2. The van der Waals surface area contributed by atoms with Crippen LogP contribution in [0.1, 0.15) is 67.5 Å². The molecule has 0 saturated carbocycles. The Kier molecular flexibility index (Phi) is 7.78. The molecule has 7 nitrogen and oxygen atoms in total. The molecule has 0 aliphatic carbocycles. The highest BCUT2D eigenvalue weighted by atomic mass is 16.5. The Labute approximate surface area is 171 Å². The summed E-state index contributed by atoms with van der Waals surface area (Å²) in [5.74, 6) is 2.60. The average Bonchev–Trinajstić information content (AvgIpc) is 2.96. The maximum atomic E-state index is 12.3. The molecule has 3 rings (SSSR count). The fourth-order valence-electron chi connectivity index (χ4n) is 3.46. The fourth-order valence-corrected chi connectivity index (χ4v) is 3.46. The Bertz CT molecular complexity index is 814. The average molecular weight is 399 g/mol. The lowest BCUT2D eigenvalue weighted by atomic mass is 10.1. The standard InChI is InChI=1S/C22H30N4O3/c1-2-16-29-18-9-7-17(8-10-18)19(27)11-12-22(28)23-14-13-21-25-24-20-6-4-3-5-15-26(20)21/h7-10H,2-6,11-16H2,1H3,(H,23,28). The van der Waals surface area contributed by atoms with Crippen molar-refractivity contribution in [2.24, 2.45) is 0 Å². The van der Waals surface area contributed by atoms with Crippen LogP contribution >= 0.6 is 0 Å². The van der Waals surface area contributed by atoms with Crippen molar-refractivity contribution in [2.45, 2.75) is 64.8 Å². The van der Waals surface area contributed by atoms with Gasteiger partial charge in [-0.1, -0.05) is 13.3 Å². The predicted molar refractivity (Wildman–Crippen MR) is 110 cm³/mol. The summed E-state index contributed by atoms with van der Waals surface area (Å²) < 4.78 is 7.71. The van der Waals surface area contributed by atoms with Crippen molar-refractivity contribution in [1.82, 2.24) is 20.1 Å². The van der Waals surface area contributed by atoms with Crippen molar-refractivity contribution in [2.75, 3.05) is 13.2 Å². The number of amides is 1. The molecule has 29 heavy (non-hydrogen) atoms. The molecule has 1 amide bonds. The summed E-state index contributed by atoms with van der Waals surface area (Å²) in [6.07, 6.45) is 6.50. The van der Waals surface area contributed by atoms with Crippen molar-refractivity contribution in [3.8, 4) is 5.75 Å². The molecule has 1 aromatic carbocycles. The van der Waals surface area contributed by atoms with Crippen LogP contribution in [0.5, 0.6) is 5.75 Å². The zero-order valence-corrected chi connectivity index (χ0v) is 17.2. The molecule has 1 aliphatic rings. The van der Waals surface area contributed by atoms with E-state index in [1.54, 1.807) is 24.3 Å². The summed E-state index contributed by atoms with van der Waals surface area (Å²) in [6.45, 7) is 4.17. The number of carbonyl (C=O) groups excluding carboxylic acids is 2.